The number of hydrogen-bond donors (Lipinski definition) is 0. The van der Waals surface area contributed by atoms with Crippen LogP contribution in [0.4, 0.5) is 4.39 Å². The van der Waals surface area contributed by atoms with Crippen LogP contribution in [0, 0.1) is 11.7 Å². The number of benzene rings is 2. The highest BCUT2D eigenvalue weighted by Gasteiger charge is 2.48. The molecule has 178 valence electrons. The zero-order valence-corrected chi connectivity index (χ0v) is 19.6. The minimum atomic E-state index is -0.459. The van der Waals surface area contributed by atoms with Crippen molar-refractivity contribution < 1.29 is 32.9 Å². The molecule has 0 saturated heterocycles. The van der Waals surface area contributed by atoms with E-state index >= 15 is 0 Å². The SMILES string of the molecule is COCOc1cc(C(=O)c2cccc(F)c2)cc2c1[C@@H]1C[C@H](OCOC)CC[C@H]1C(C)(C)O2. The molecule has 2 aliphatic rings. The van der Waals surface area contributed by atoms with Crippen LogP contribution in [-0.2, 0) is 14.2 Å². The van der Waals surface area contributed by atoms with Gasteiger partial charge in [0.15, 0.2) is 12.6 Å². The van der Waals surface area contributed by atoms with Gasteiger partial charge >= 0.3 is 0 Å². The summed E-state index contributed by atoms with van der Waals surface area (Å²) < 4.78 is 42.3. The lowest BCUT2D eigenvalue weighted by atomic mass is 9.65. The van der Waals surface area contributed by atoms with Crippen molar-refractivity contribution in [2.24, 2.45) is 5.92 Å². The quantitative estimate of drug-likeness (QED) is 0.406. The topological polar surface area (TPSA) is 63.2 Å². The van der Waals surface area contributed by atoms with Gasteiger partial charge in [0, 0.05) is 42.7 Å². The van der Waals surface area contributed by atoms with Crippen LogP contribution < -0.4 is 9.47 Å². The molecule has 1 heterocycles. The molecule has 1 fully saturated rings. The number of rotatable bonds is 8. The minimum Gasteiger partial charge on any atom is -0.487 e. The monoisotopic (exact) mass is 458 g/mol. The van der Waals surface area contributed by atoms with Gasteiger partial charge in [-0.3, -0.25) is 4.79 Å². The van der Waals surface area contributed by atoms with E-state index in [-0.39, 0.29) is 42.9 Å². The summed E-state index contributed by atoms with van der Waals surface area (Å²) in [5.41, 5.74) is 1.15. The van der Waals surface area contributed by atoms with Gasteiger partial charge in [-0.15, -0.1) is 0 Å². The molecule has 1 saturated carbocycles. The zero-order valence-electron chi connectivity index (χ0n) is 19.6. The third kappa shape index (κ3) is 4.90. The molecule has 2 aromatic rings. The summed E-state index contributed by atoms with van der Waals surface area (Å²) in [6.45, 7) is 4.46. The van der Waals surface area contributed by atoms with E-state index in [4.69, 9.17) is 23.7 Å². The molecule has 0 radical (unpaired) electrons. The minimum absolute atomic E-state index is 0.0361. The molecule has 0 N–H and O–H groups in total. The van der Waals surface area contributed by atoms with Crippen molar-refractivity contribution in [3.05, 3.63) is 58.9 Å². The molecule has 7 heteroatoms. The first kappa shape index (κ1) is 23.7. The highest BCUT2D eigenvalue weighted by molar-refractivity contribution is 6.09. The third-order valence-electron chi connectivity index (χ3n) is 6.65. The van der Waals surface area contributed by atoms with E-state index in [0.717, 1.165) is 24.8 Å². The number of methoxy groups -OCH3 is 2. The first-order valence-electron chi connectivity index (χ1n) is 11.2. The van der Waals surface area contributed by atoms with Crippen molar-refractivity contribution in [2.45, 2.75) is 50.7 Å². The average molecular weight is 459 g/mol. The smallest absolute Gasteiger partial charge is 0.193 e. The van der Waals surface area contributed by atoms with Crippen LogP contribution in [0.2, 0.25) is 0 Å². The summed E-state index contributed by atoms with van der Waals surface area (Å²) >= 11 is 0. The van der Waals surface area contributed by atoms with Crippen molar-refractivity contribution in [2.75, 3.05) is 27.8 Å². The van der Waals surface area contributed by atoms with E-state index in [9.17, 15) is 9.18 Å². The number of ether oxygens (including phenoxy) is 5. The van der Waals surface area contributed by atoms with Gasteiger partial charge in [-0.1, -0.05) is 12.1 Å². The first-order valence-corrected chi connectivity index (χ1v) is 11.2. The summed E-state index contributed by atoms with van der Waals surface area (Å²) in [7, 11) is 3.16. The summed E-state index contributed by atoms with van der Waals surface area (Å²) in [6.07, 6.45) is 2.74. The largest absolute Gasteiger partial charge is 0.487 e. The average Bonchev–Trinajstić information content (AvgIpc) is 2.79. The van der Waals surface area contributed by atoms with Gasteiger partial charge in [0.25, 0.3) is 0 Å². The lowest BCUT2D eigenvalue weighted by Gasteiger charge is -2.49. The Balaban J connectivity index is 1.76. The van der Waals surface area contributed by atoms with E-state index in [1.165, 1.54) is 18.2 Å². The van der Waals surface area contributed by atoms with Crippen molar-refractivity contribution in [1.29, 1.82) is 0 Å². The molecule has 3 atom stereocenters. The van der Waals surface area contributed by atoms with Gasteiger partial charge in [-0.25, -0.2) is 4.39 Å². The van der Waals surface area contributed by atoms with Gasteiger partial charge in [-0.2, -0.15) is 0 Å². The Bertz CT molecular complexity index is 1000. The molecular weight excluding hydrogens is 427 g/mol. The Hall–Kier alpha value is -2.48. The van der Waals surface area contributed by atoms with Gasteiger partial charge < -0.3 is 23.7 Å². The molecule has 0 bridgehead atoms. The second-order valence-corrected chi connectivity index (χ2v) is 9.20. The number of fused-ring (bicyclic) bond motifs is 3. The Morgan fingerprint density at radius 2 is 1.88 bits per heavy atom. The van der Waals surface area contributed by atoms with Crippen LogP contribution in [0.3, 0.4) is 0 Å². The van der Waals surface area contributed by atoms with Gasteiger partial charge in [0.1, 0.15) is 29.7 Å². The van der Waals surface area contributed by atoms with Crippen LogP contribution in [0.5, 0.6) is 11.5 Å². The molecule has 0 amide bonds. The summed E-state index contributed by atoms with van der Waals surface area (Å²) in [5, 5.41) is 0. The Morgan fingerprint density at radius 1 is 1.09 bits per heavy atom. The van der Waals surface area contributed by atoms with Gasteiger partial charge in [0.2, 0.25) is 0 Å². The number of halogens is 1. The van der Waals surface area contributed by atoms with Crippen LogP contribution in [0.15, 0.2) is 36.4 Å². The summed E-state index contributed by atoms with van der Waals surface area (Å²) in [5.74, 6) is 0.799. The Kier molecular flexibility index (Phi) is 7.02. The molecule has 33 heavy (non-hydrogen) atoms. The molecule has 0 aromatic heterocycles. The number of hydrogen-bond acceptors (Lipinski definition) is 6. The van der Waals surface area contributed by atoms with E-state index in [1.54, 1.807) is 32.4 Å². The molecule has 4 rings (SSSR count). The second-order valence-electron chi connectivity index (χ2n) is 9.20. The standard InChI is InChI=1S/C26H31FO6/c1-26(2)21-9-8-19(31-14-29-3)13-20(21)24-22(32-15-30-4)11-17(12-23(24)33-26)25(28)16-6-5-7-18(27)10-16/h5-7,10-12,19-21H,8-9,13-15H2,1-4H3/t19-,20-,21-/m1/s1. The predicted molar refractivity (Wildman–Crippen MR) is 120 cm³/mol. The first-order chi connectivity index (χ1) is 15.8. The highest BCUT2D eigenvalue weighted by atomic mass is 19.1. The van der Waals surface area contributed by atoms with Crippen molar-refractivity contribution in [3.8, 4) is 11.5 Å². The van der Waals surface area contributed by atoms with Crippen molar-refractivity contribution in [3.63, 3.8) is 0 Å². The van der Waals surface area contributed by atoms with Crippen LogP contribution in [0.25, 0.3) is 0 Å². The third-order valence-corrected chi connectivity index (χ3v) is 6.65. The van der Waals surface area contributed by atoms with Crippen molar-refractivity contribution in [1.82, 2.24) is 0 Å². The molecule has 0 spiro atoms. The molecule has 1 aliphatic carbocycles. The summed E-state index contributed by atoms with van der Waals surface area (Å²) in [4.78, 5) is 13.2. The number of ketones is 1. The number of carbonyl (C=O) groups excluding carboxylic acids is 1. The van der Waals surface area contributed by atoms with Crippen LogP contribution >= 0.6 is 0 Å². The fraction of sp³-hybridized carbons (Fsp3) is 0.500. The Labute approximate surface area is 193 Å². The van der Waals surface area contributed by atoms with Crippen LogP contribution in [0.1, 0.15) is 60.5 Å². The van der Waals surface area contributed by atoms with Gasteiger partial charge in [-0.05, 0) is 57.4 Å². The summed E-state index contributed by atoms with van der Waals surface area (Å²) in [6, 6.07) is 9.13. The van der Waals surface area contributed by atoms with E-state index < -0.39 is 11.4 Å². The van der Waals surface area contributed by atoms with E-state index in [0.29, 0.717) is 17.1 Å². The number of carbonyl (C=O) groups is 1. The fourth-order valence-corrected chi connectivity index (χ4v) is 5.18. The fourth-order valence-electron chi connectivity index (χ4n) is 5.18. The lowest BCUT2D eigenvalue weighted by molar-refractivity contribution is -0.105. The normalized spacial score (nSPS) is 23.2. The van der Waals surface area contributed by atoms with Gasteiger partial charge in [0.05, 0.1) is 6.10 Å². The molecule has 6 nitrogen and oxygen atoms in total. The molecule has 2 aromatic carbocycles. The zero-order chi connectivity index (χ0) is 23.6. The predicted octanol–water partition coefficient (Wildman–Crippen LogP) is 5.08. The maximum atomic E-state index is 13.7. The van der Waals surface area contributed by atoms with E-state index in [1.807, 2.05) is 0 Å². The Morgan fingerprint density at radius 3 is 2.61 bits per heavy atom. The highest BCUT2D eigenvalue weighted by Crippen LogP contribution is 2.55. The molecule has 1 aliphatic heterocycles. The molecule has 0 unspecified atom stereocenters. The maximum absolute atomic E-state index is 13.7. The van der Waals surface area contributed by atoms with Crippen LogP contribution in [-0.4, -0.2) is 45.3 Å². The lowest BCUT2D eigenvalue weighted by Crippen LogP contribution is -2.48. The second kappa shape index (κ2) is 9.79. The van der Waals surface area contributed by atoms with Crippen molar-refractivity contribution >= 4 is 5.78 Å². The molecular formula is C26H31FO6. The maximum Gasteiger partial charge on any atom is 0.193 e. The van der Waals surface area contributed by atoms with E-state index in [2.05, 4.69) is 13.8 Å².